The summed E-state index contributed by atoms with van der Waals surface area (Å²) in [4.78, 5) is 0. The Morgan fingerprint density at radius 1 is 1.00 bits per heavy atom. The molecule has 0 N–H and O–H groups in total. The first-order chi connectivity index (χ1) is 14.2. The number of hydrogen-bond donors (Lipinski definition) is 0. The van der Waals surface area contributed by atoms with Crippen molar-refractivity contribution in [2.45, 2.75) is 105 Å². The fourth-order valence-corrected chi connectivity index (χ4v) is 10.8. The minimum Gasteiger partial charge on any atom is -0.381 e. The van der Waals surface area contributed by atoms with Crippen LogP contribution in [-0.4, -0.2) is 13.2 Å². The van der Waals surface area contributed by atoms with Crippen LogP contribution in [0.15, 0.2) is 12.2 Å². The zero-order valence-corrected chi connectivity index (χ0v) is 20.8. The monoisotopic (exact) mass is 412 g/mol. The average molecular weight is 413 g/mol. The van der Waals surface area contributed by atoms with Crippen molar-refractivity contribution in [2.24, 2.45) is 57.7 Å². The number of rotatable bonds is 6. The third-order valence-electron chi connectivity index (χ3n) is 11.9. The lowest BCUT2D eigenvalue weighted by Gasteiger charge is -2.61. The van der Waals surface area contributed by atoms with E-state index >= 15 is 0 Å². The fourth-order valence-electron chi connectivity index (χ4n) is 10.8. The summed E-state index contributed by atoms with van der Waals surface area (Å²) in [6.45, 7) is 17.1. The van der Waals surface area contributed by atoms with Gasteiger partial charge in [-0.15, -0.1) is 0 Å². The van der Waals surface area contributed by atoms with Gasteiger partial charge in [0.15, 0.2) is 0 Å². The van der Waals surface area contributed by atoms with Crippen LogP contribution in [0.4, 0.5) is 0 Å². The van der Waals surface area contributed by atoms with Crippen LogP contribution in [0, 0.1) is 57.7 Å². The van der Waals surface area contributed by atoms with Gasteiger partial charge in [-0.1, -0.05) is 46.8 Å². The van der Waals surface area contributed by atoms with Crippen LogP contribution in [-0.2, 0) is 4.74 Å². The molecule has 30 heavy (non-hydrogen) atoms. The van der Waals surface area contributed by atoms with Crippen molar-refractivity contribution < 1.29 is 4.74 Å². The number of allylic oxidation sites excluding steroid dienone is 1. The third-order valence-corrected chi connectivity index (χ3v) is 11.9. The van der Waals surface area contributed by atoms with Gasteiger partial charge in [0, 0.05) is 12.5 Å². The van der Waals surface area contributed by atoms with Crippen molar-refractivity contribution in [2.75, 3.05) is 7.11 Å². The predicted octanol–water partition coefficient (Wildman–Crippen LogP) is 7.90. The van der Waals surface area contributed by atoms with Gasteiger partial charge in [-0.2, -0.15) is 0 Å². The van der Waals surface area contributed by atoms with Crippen molar-refractivity contribution in [1.29, 1.82) is 0 Å². The molecule has 5 saturated carbocycles. The molecule has 0 saturated heterocycles. The Morgan fingerprint density at radius 2 is 1.77 bits per heavy atom. The van der Waals surface area contributed by atoms with Crippen molar-refractivity contribution in [1.82, 2.24) is 0 Å². The maximum Gasteiger partial charge on any atom is 0.0638 e. The molecule has 1 nitrogen and oxygen atoms in total. The van der Waals surface area contributed by atoms with E-state index < -0.39 is 0 Å². The van der Waals surface area contributed by atoms with E-state index in [1.807, 2.05) is 7.11 Å². The first-order valence-electron chi connectivity index (χ1n) is 13.4. The number of hydrogen-bond acceptors (Lipinski definition) is 1. The summed E-state index contributed by atoms with van der Waals surface area (Å²) >= 11 is 0. The first kappa shape index (κ1) is 21.5. The lowest BCUT2D eigenvalue weighted by molar-refractivity contribution is -0.161. The summed E-state index contributed by atoms with van der Waals surface area (Å²) in [6, 6.07) is 0. The van der Waals surface area contributed by atoms with Gasteiger partial charge < -0.3 is 4.74 Å². The molecule has 0 aromatic rings. The zero-order valence-electron chi connectivity index (χ0n) is 20.8. The second-order valence-corrected chi connectivity index (χ2v) is 13.5. The molecular weight excluding hydrogens is 364 g/mol. The van der Waals surface area contributed by atoms with Gasteiger partial charge in [0.1, 0.15) is 0 Å². The minimum atomic E-state index is 0.542. The van der Waals surface area contributed by atoms with Gasteiger partial charge in [-0.05, 0) is 116 Å². The minimum absolute atomic E-state index is 0.542. The van der Waals surface area contributed by atoms with E-state index in [1.165, 1.54) is 69.8 Å². The Labute approximate surface area is 186 Å². The van der Waals surface area contributed by atoms with Crippen LogP contribution in [0.1, 0.15) is 98.8 Å². The predicted molar refractivity (Wildman–Crippen MR) is 126 cm³/mol. The molecule has 5 aliphatic carbocycles. The van der Waals surface area contributed by atoms with Crippen LogP contribution in [0.3, 0.4) is 0 Å². The molecule has 0 aromatic carbocycles. The Morgan fingerprint density at radius 3 is 2.43 bits per heavy atom. The normalized spacial score (nSPS) is 52.4. The number of fused-ring (bicyclic) bond motifs is 4. The number of ether oxygens (including phenoxy) is 1. The van der Waals surface area contributed by atoms with E-state index in [9.17, 15) is 0 Å². The van der Waals surface area contributed by atoms with E-state index in [0.29, 0.717) is 22.3 Å². The summed E-state index contributed by atoms with van der Waals surface area (Å²) in [5, 5.41) is 0. The summed E-state index contributed by atoms with van der Waals surface area (Å²) in [5.41, 5.74) is 3.18. The summed E-state index contributed by atoms with van der Waals surface area (Å²) < 4.78 is 6.30. The molecule has 0 amide bonds. The Kier molecular flexibility index (Phi) is 5.10. The van der Waals surface area contributed by atoms with E-state index in [2.05, 4.69) is 41.2 Å². The largest absolute Gasteiger partial charge is 0.381 e. The average Bonchev–Trinajstić information content (AvgIpc) is 3.17. The Hall–Kier alpha value is -0.300. The van der Waals surface area contributed by atoms with Gasteiger partial charge in [0.25, 0.3) is 0 Å². The molecule has 170 valence electrons. The van der Waals surface area contributed by atoms with Gasteiger partial charge in [-0.25, -0.2) is 0 Å². The molecule has 5 fully saturated rings. The highest BCUT2D eigenvalue weighted by Gasteiger charge is 2.77. The smallest absolute Gasteiger partial charge is 0.0638 e. The lowest BCUT2D eigenvalue weighted by Crippen LogP contribution is -2.57. The molecule has 0 heterocycles. The van der Waals surface area contributed by atoms with Crippen molar-refractivity contribution in [3.05, 3.63) is 12.2 Å². The van der Waals surface area contributed by atoms with Crippen molar-refractivity contribution in [3.8, 4) is 0 Å². The second-order valence-electron chi connectivity index (χ2n) is 13.5. The quantitative estimate of drug-likeness (QED) is 0.403. The lowest BCUT2D eigenvalue weighted by atomic mass is 9.45. The maximum atomic E-state index is 6.30. The van der Waals surface area contributed by atoms with E-state index in [0.717, 1.165) is 41.4 Å². The summed E-state index contributed by atoms with van der Waals surface area (Å²) in [5.74, 6) is 6.25. The van der Waals surface area contributed by atoms with Gasteiger partial charge in [0.05, 0.1) is 6.10 Å². The molecule has 1 spiro atoms. The highest BCUT2D eigenvalue weighted by atomic mass is 16.5. The van der Waals surface area contributed by atoms with Gasteiger partial charge in [0.2, 0.25) is 0 Å². The van der Waals surface area contributed by atoms with Crippen LogP contribution >= 0.6 is 0 Å². The van der Waals surface area contributed by atoms with Crippen molar-refractivity contribution >= 4 is 0 Å². The topological polar surface area (TPSA) is 9.23 Å². The maximum absolute atomic E-state index is 6.30. The molecule has 5 rings (SSSR count). The molecule has 5 aliphatic rings. The highest BCUT2D eigenvalue weighted by Crippen LogP contribution is 2.82. The Bertz CT molecular complexity index is 694. The van der Waals surface area contributed by atoms with Crippen LogP contribution in [0.5, 0.6) is 0 Å². The molecule has 0 aromatic heterocycles. The van der Waals surface area contributed by atoms with Crippen LogP contribution in [0.2, 0.25) is 0 Å². The van der Waals surface area contributed by atoms with Crippen LogP contribution < -0.4 is 0 Å². The standard InChI is InChI=1S/C29H48O/c1-18(2)14-19(3)15-20(4)23-8-9-24-22-16-26(30-7)29-17-21(29)10-13-28(29,6)25(22)11-12-27(23,24)5/h18,20-26H,3,8-17H2,1-2,4-7H3/t20-,21-,22+,23-,24+,25+,26-,27-,28-,29+/m1/s1. The molecule has 0 unspecified atom stereocenters. The van der Waals surface area contributed by atoms with Crippen molar-refractivity contribution in [3.63, 3.8) is 0 Å². The molecule has 10 atom stereocenters. The molecular formula is C29H48O. The number of methoxy groups -OCH3 is 1. The van der Waals surface area contributed by atoms with Gasteiger partial charge in [-0.3, -0.25) is 0 Å². The Balaban J connectivity index is 1.36. The molecule has 0 radical (unpaired) electrons. The fraction of sp³-hybridized carbons (Fsp3) is 0.931. The zero-order chi connectivity index (χ0) is 21.5. The second kappa shape index (κ2) is 7.10. The highest BCUT2D eigenvalue weighted by molar-refractivity contribution is 5.26. The van der Waals surface area contributed by atoms with Gasteiger partial charge >= 0.3 is 0 Å². The van der Waals surface area contributed by atoms with Crippen LogP contribution in [0.25, 0.3) is 0 Å². The molecule has 0 bridgehead atoms. The first-order valence-corrected chi connectivity index (χ1v) is 13.4. The SMILES string of the molecule is C=C(CC(C)C)C[C@@H](C)[C@H]1CC[C@H]2[C@@H]3C[C@@H](OC)[C@]45C[C@H]4CC[C@]5(C)[C@H]3CC[C@]12C. The molecule has 1 heteroatoms. The van der Waals surface area contributed by atoms with E-state index in [4.69, 9.17) is 4.74 Å². The summed E-state index contributed by atoms with van der Waals surface area (Å²) in [7, 11) is 2.02. The molecule has 0 aliphatic heterocycles. The van der Waals surface area contributed by atoms with E-state index in [-0.39, 0.29) is 0 Å². The third kappa shape index (κ3) is 2.75. The van der Waals surface area contributed by atoms with E-state index in [1.54, 1.807) is 0 Å². The summed E-state index contributed by atoms with van der Waals surface area (Å²) in [6.07, 6.45) is 14.7.